The summed E-state index contributed by atoms with van der Waals surface area (Å²) in [6.07, 6.45) is 0. The molecule has 5 heteroatoms. The molecular formula is C39H24N4S. The molecule has 0 radical (unpaired) electrons. The Morgan fingerprint density at radius 1 is 0.682 bits per heavy atom. The lowest BCUT2D eigenvalue weighted by Gasteiger charge is -2.27. The zero-order valence-electron chi connectivity index (χ0n) is 23.5. The van der Waals surface area contributed by atoms with Crippen molar-refractivity contribution in [3.8, 4) is 11.8 Å². The topological polar surface area (TPSA) is 53.1 Å². The minimum absolute atomic E-state index is 0.308. The Morgan fingerprint density at radius 3 is 2.30 bits per heavy atom. The van der Waals surface area contributed by atoms with Crippen molar-refractivity contribution < 1.29 is 0 Å². The number of thiophene rings is 1. The van der Waals surface area contributed by atoms with E-state index < -0.39 is 0 Å². The van der Waals surface area contributed by atoms with Crippen molar-refractivity contribution in [1.29, 1.82) is 5.26 Å². The number of nitrogens with one attached hydrogen (secondary N) is 1. The normalized spacial score (nSPS) is 14.4. The fourth-order valence-electron chi connectivity index (χ4n) is 6.74. The molecule has 6 aromatic carbocycles. The highest BCUT2D eigenvalue weighted by molar-refractivity contribution is 7.26. The first kappa shape index (κ1) is 24.9. The number of amidine groups is 1. The Hall–Kier alpha value is -5.70. The molecule has 0 aliphatic carbocycles. The van der Waals surface area contributed by atoms with E-state index in [4.69, 9.17) is 4.99 Å². The maximum atomic E-state index is 10.0. The molecule has 3 heterocycles. The molecule has 206 valence electrons. The van der Waals surface area contributed by atoms with Crippen molar-refractivity contribution in [2.24, 2.45) is 4.99 Å². The number of rotatable bonds is 3. The van der Waals surface area contributed by atoms with Gasteiger partial charge in [-0.25, -0.2) is 0 Å². The second-order valence-corrected chi connectivity index (χ2v) is 12.2. The summed E-state index contributed by atoms with van der Waals surface area (Å²) in [6.45, 7) is 0. The molecule has 0 amide bonds. The van der Waals surface area contributed by atoms with Crippen LogP contribution in [0.25, 0.3) is 47.7 Å². The van der Waals surface area contributed by atoms with Crippen LogP contribution in [0.1, 0.15) is 28.3 Å². The van der Waals surface area contributed by atoms with Gasteiger partial charge in [0.2, 0.25) is 0 Å². The molecule has 4 nitrogen and oxygen atoms in total. The predicted molar refractivity (Wildman–Crippen MR) is 183 cm³/mol. The molecule has 0 bridgehead atoms. The summed E-state index contributed by atoms with van der Waals surface area (Å²) in [6, 6.07) is 48.7. The highest BCUT2D eigenvalue weighted by Gasteiger charge is 2.27. The number of nitrogens with zero attached hydrogens (tertiary/aromatic N) is 3. The van der Waals surface area contributed by atoms with Gasteiger partial charge in [-0.1, -0.05) is 91.0 Å². The van der Waals surface area contributed by atoms with Crippen molar-refractivity contribution >= 4 is 64.8 Å². The SMILES string of the molecule is N#Cc1cccc2c1C(c1ccc(-n3c4ccccc4c4ccc5sc6ccccc6c5c43)cc1)N=C(c1ccccc1)N2. The smallest absolute Gasteiger partial charge is 0.133 e. The van der Waals surface area contributed by atoms with E-state index in [1.807, 2.05) is 47.7 Å². The molecule has 2 aromatic heterocycles. The van der Waals surface area contributed by atoms with Gasteiger partial charge in [0, 0.05) is 53.4 Å². The summed E-state index contributed by atoms with van der Waals surface area (Å²) in [5.41, 5.74) is 8.02. The lowest BCUT2D eigenvalue weighted by atomic mass is 9.91. The molecule has 9 rings (SSSR count). The van der Waals surface area contributed by atoms with Crippen LogP contribution in [0.4, 0.5) is 5.69 Å². The first-order valence-corrected chi connectivity index (χ1v) is 15.5. The van der Waals surface area contributed by atoms with Gasteiger partial charge < -0.3 is 9.88 Å². The van der Waals surface area contributed by atoms with Crippen LogP contribution >= 0.6 is 11.3 Å². The average Bonchev–Trinajstić information content (AvgIpc) is 3.64. The van der Waals surface area contributed by atoms with Gasteiger partial charge in [0.05, 0.1) is 22.7 Å². The zero-order chi connectivity index (χ0) is 29.2. The first-order valence-electron chi connectivity index (χ1n) is 14.7. The van der Waals surface area contributed by atoms with Gasteiger partial charge in [-0.2, -0.15) is 5.26 Å². The van der Waals surface area contributed by atoms with Crippen LogP contribution in [0, 0.1) is 11.3 Å². The van der Waals surface area contributed by atoms with E-state index in [1.54, 1.807) is 0 Å². The van der Waals surface area contributed by atoms with Crippen molar-refractivity contribution in [3.05, 3.63) is 156 Å². The number of aromatic nitrogens is 1. The molecule has 0 fully saturated rings. The van der Waals surface area contributed by atoms with Gasteiger partial charge in [0.1, 0.15) is 11.9 Å². The van der Waals surface area contributed by atoms with E-state index in [0.717, 1.165) is 33.9 Å². The number of aliphatic imine (C=N–C) groups is 1. The summed E-state index contributed by atoms with van der Waals surface area (Å²) < 4.78 is 5.00. The first-order chi connectivity index (χ1) is 21.8. The lowest BCUT2D eigenvalue weighted by molar-refractivity contribution is 0.859. The van der Waals surface area contributed by atoms with Gasteiger partial charge in [-0.3, -0.25) is 4.99 Å². The van der Waals surface area contributed by atoms with E-state index >= 15 is 0 Å². The van der Waals surface area contributed by atoms with Crippen molar-refractivity contribution in [1.82, 2.24) is 4.57 Å². The number of fused-ring (bicyclic) bond motifs is 8. The maximum Gasteiger partial charge on any atom is 0.133 e. The molecule has 1 aliphatic heterocycles. The number of nitriles is 1. The van der Waals surface area contributed by atoms with Crippen molar-refractivity contribution in [2.45, 2.75) is 6.04 Å². The molecule has 1 N–H and O–H groups in total. The highest BCUT2D eigenvalue weighted by Crippen LogP contribution is 2.43. The third kappa shape index (κ3) is 3.65. The average molecular weight is 581 g/mol. The minimum atomic E-state index is -0.308. The monoisotopic (exact) mass is 580 g/mol. The molecule has 8 aromatic rings. The van der Waals surface area contributed by atoms with Crippen molar-refractivity contribution in [2.75, 3.05) is 5.32 Å². The molecular weight excluding hydrogens is 557 g/mol. The summed E-state index contributed by atoms with van der Waals surface area (Å²) >= 11 is 1.85. The number of hydrogen-bond acceptors (Lipinski definition) is 4. The summed E-state index contributed by atoms with van der Waals surface area (Å²) in [7, 11) is 0. The maximum absolute atomic E-state index is 10.0. The van der Waals surface area contributed by atoms with E-state index in [2.05, 4.69) is 113 Å². The Bertz CT molecular complexity index is 2480. The Labute approximate surface area is 257 Å². The van der Waals surface area contributed by atoms with Crippen LogP contribution in [0.5, 0.6) is 0 Å². The van der Waals surface area contributed by atoms with Gasteiger partial charge in [-0.15, -0.1) is 11.3 Å². The molecule has 44 heavy (non-hydrogen) atoms. The lowest BCUT2D eigenvalue weighted by Crippen LogP contribution is -2.23. The van der Waals surface area contributed by atoms with Crippen LogP contribution in [-0.2, 0) is 0 Å². The van der Waals surface area contributed by atoms with Gasteiger partial charge in [0.15, 0.2) is 0 Å². The molecule has 0 saturated heterocycles. The van der Waals surface area contributed by atoms with Crippen LogP contribution < -0.4 is 5.32 Å². The Balaban J connectivity index is 1.26. The van der Waals surface area contributed by atoms with Gasteiger partial charge in [-0.05, 0) is 48.0 Å². The Morgan fingerprint density at radius 2 is 1.45 bits per heavy atom. The summed E-state index contributed by atoms with van der Waals surface area (Å²) in [4.78, 5) is 5.18. The fraction of sp³-hybridized carbons (Fsp3) is 0.0256. The predicted octanol–water partition coefficient (Wildman–Crippen LogP) is 9.98. The second kappa shape index (κ2) is 9.67. The second-order valence-electron chi connectivity index (χ2n) is 11.1. The number of benzene rings is 6. The van der Waals surface area contributed by atoms with E-state index in [0.29, 0.717) is 5.56 Å². The molecule has 1 aliphatic rings. The molecule has 0 saturated carbocycles. The Kier molecular flexibility index (Phi) is 5.46. The highest BCUT2D eigenvalue weighted by atomic mass is 32.1. The van der Waals surface area contributed by atoms with E-state index in [9.17, 15) is 5.26 Å². The van der Waals surface area contributed by atoms with E-state index in [1.165, 1.54) is 42.0 Å². The van der Waals surface area contributed by atoms with Crippen LogP contribution in [0.3, 0.4) is 0 Å². The quantitative estimate of drug-likeness (QED) is 0.226. The molecule has 0 spiro atoms. The largest absolute Gasteiger partial charge is 0.340 e. The van der Waals surface area contributed by atoms with Crippen LogP contribution in [0.2, 0.25) is 0 Å². The zero-order valence-corrected chi connectivity index (χ0v) is 24.3. The van der Waals surface area contributed by atoms with Crippen LogP contribution in [0.15, 0.2) is 138 Å². The minimum Gasteiger partial charge on any atom is -0.340 e. The number of anilines is 1. The number of hydrogen-bond donors (Lipinski definition) is 1. The van der Waals surface area contributed by atoms with Gasteiger partial charge >= 0.3 is 0 Å². The van der Waals surface area contributed by atoms with Crippen LogP contribution in [-0.4, -0.2) is 10.4 Å². The third-order valence-corrected chi connectivity index (χ3v) is 9.84. The van der Waals surface area contributed by atoms with Crippen molar-refractivity contribution in [3.63, 3.8) is 0 Å². The summed E-state index contributed by atoms with van der Waals surface area (Å²) in [5, 5.41) is 18.6. The molecule has 1 atom stereocenters. The fourth-order valence-corrected chi connectivity index (χ4v) is 7.85. The standard InChI is InChI=1S/C39H24N4S/c40-23-26-11-8-14-31-35(26)37(42-39(41-31)25-9-2-1-3-10-25)24-17-19-27(20-18-24)43-32-15-6-4-12-28(32)29-21-22-34-36(38(29)43)30-13-5-7-16-33(30)44-34/h1-22,37H,(H,41,42). The number of para-hydroxylation sites is 1. The van der Waals surface area contributed by atoms with Gasteiger partial charge in [0.25, 0.3) is 0 Å². The summed E-state index contributed by atoms with van der Waals surface area (Å²) in [5.74, 6) is 0.802. The van der Waals surface area contributed by atoms with E-state index in [-0.39, 0.29) is 6.04 Å². The molecule has 1 unspecified atom stereocenters. The third-order valence-electron chi connectivity index (χ3n) is 8.70.